The third kappa shape index (κ3) is 8.58. The summed E-state index contributed by atoms with van der Waals surface area (Å²) in [5, 5.41) is 4.81. The number of para-hydroxylation sites is 1. The van der Waals surface area contributed by atoms with Gasteiger partial charge in [0.15, 0.2) is 0 Å². The van der Waals surface area contributed by atoms with E-state index in [-0.39, 0.29) is 5.92 Å². The molecule has 0 fully saturated rings. The number of rotatable bonds is 14. The summed E-state index contributed by atoms with van der Waals surface area (Å²) in [6.45, 7) is 19.2. The first-order chi connectivity index (χ1) is 33.9. The zero-order valence-corrected chi connectivity index (χ0v) is 40.3. The van der Waals surface area contributed by atoms with E-state index in [0.29, 0.717) is 6.54 Å². The highest BCUT2D eigenvalue weighted by molar-refractivity contribution is 7.19. The lowest BCUT2D eigenvalue weighted by Gasteiger charge is -2.13. The number of hydrogen-bond donors (Lipinski definition) is 0. The first-order valence-electron chi connectivity index (χ1n) is 23.6. The molecule has 69 heavy (non-hydrogen) atoms. The maximum atomic E-state index is 5.47. The molecular weight excluding hydrogens is 857 g/mol. The summed E-state index contributed by atoms with van der Waals surface area (Å²) in [5.41, 5.74) is 16.2. The number of nitrogens with zero attached hydrogens (tertiary/aromatic N) is 4. The van der Waals surface area contributed by atoms with Gasteiger partial charge in [0.2, 0.25) is 0 Å². The van der Waals surface area contributed by atoms with Crippen molar-refractivity contribution in [2.24, 2.45) is 15.9 Å². The standard InChI is InChI=1S/C64H54N4S/c1-7-22-51-54-39-55-52-34-33-48(45(9-3)32-31-43(5)8-2)37-60(52)68(62(55)41-61(54)67(59(51)10-4)49-27-18-13-19-28-49)50-35-44(36-64-56(38-50)53-29-20-21-30-63(53)69-64)42-66-58(47-25-16-12-17-26-47)40-57(65-6)46-23-14-11-15-24-46/h7-35,37-41,43H,2,4,6,36,42H2,1,3,5H3/b22-7-,32-31-,45-9+,57-40-,66-58?. The Bertz CT molecular complexity index is 3670. The van der Waals surface area contributed by atoms with Crippen LogP contribution in [0, 0.1) is 5.92 Å². The van der Waals surface area contributed by atoms with Crippen molar-refractivity contribution in [3.05, 3.63) is 245 Å². The molecule has 1 atom stereocenters. The van der Waals surface area contributed by atoms with E-state index >= 15 is 0 Å². The van der Waals surface area contributed by atoms with E-state index in [1.54, 1.807) is 0 Å². The number of thiophene rings is 1. The number of fused-ring (bicyclic) bond motifs is 7. The van der Waals surface area contributed by atoms with Gasteiger partial charge in [-0.05, 0) is 115 Å². The van der Waals surface area contributed by atoms with Gasteiger partial charge in [-0.2, -0.15) is 0 Å². The normalized spacial score (nSPS) is 14.2. The molecule has 1 aliphatic rings. The molecule has 0 saturated carbocycles. The highest BCUT2D eigenvalue weighted by atomic mass is 32.1. The predicted octanol–water partition coefficient (Wildman–Crippen LogP) is 17.1. The first-order valence-corrected chi connectivity index (χ1v) is 24.4. The van der Waals surface area contributed by atoms with Gasteiger partial charge in [-0.1, -0.05) is 159 Å². The summed E-state index contributed by atoms with van der Waals surface area (Å²) in [5.74, 6) is 0.248. The van der Waals surface area contributed by atoms with Gasteiger partial charge >= 0.3 is 0 Å². The molecule has 4 nitrogen and oxygen atoms in total. The van der Waals surface area contributed by atoms with Gasteiger partial charge in [-0.25, -0.2) is 0 Å². The van der Waals surface area contributed by atoms with Gasteiger partial charge in [0.1, 0.15) is 0 Å². The van der Waals surface area contributed by atoms with Crippen molar-refractivity contribution in [1.29, 1.82) is 0 Å². The molecule has 5 heteroatoms. The van der Waals surface area contributed by atoms with Crippen LogP contribution in [0.4, 0.5) is 0 Å². The number of aliphatic imine (C=N–C) groups is 2. The lowest BCUT2D eigenvalue weighted by Crippen LogP contribution is -2.03. The van der Waals surface area contributed by atoms with Crippen LogP contribution in [-0.4, -0.2) is 28.1 Å². The fraction of sp³-hybridized carbons (Fsp3) is 0.0938. The lowest BCUT2D eigenvalue weighted by atomic mass is 10.0. The molecule has 0 amide bonds. The smallest absolute Gasteiger partial charge is 0.0716 e. The van der Waals surface area contributed by atoms with Crippen LogP contribution < -0.4 is 0 Å². The van der Waals surface area contributed by atoms with E-state index in [2.05, 4.69) is 225 Å². The first kappa shape index (κ1) is 44.7. The van der Waals surface area contributed by atoms with Crippen LogP contribution in [0.3, 0.4) is 0 Å². The van der Waals surface area contributed by atoms with Crippen molar-refractivity contribution in [3.8, 4) is 5.69 Å². The minimum Gasteiger partial charge on any atom is -0.309 e. The van der Waals surface area contributed by atoms with Crippen molar-refractivity contribution in [1.82, 2.24) is 9.13 Å². The molecule has 0 bridgehead atoms. The topological polar surface area (TPSA) is 34.6 Å². The third-order valence-corrected chi connectivity index (χ3v) is 14.3. The number of hydrogen-bond acceptors (Lipinski definition) is 3. The Morgan fingerprint density at radius 3 is 2.12 bits per heavy atom. The van der Waals surface area contributed by atoms with E-state index in [0.717, 1.165) is 79.3 Å². The van der Waals surface area contributed by atoms with Crippen molar-refractivity contribution >= 4 is 102 Å². The van der Waals surface area contributed by atoms with Gasteiger partial charge in [0.05, 0.1) is 40.2 Å². The molecule has 0 radical (unpaired) electrons. The largest absolute Gasteiger partial charge is 0.309 e. The number of allylic oxidation sites excluding steroid dienone is 9. The van der Waals surface area contributed by atoms with Gasteiger partial charge in [-0.3, -0.25) is 9.98 Å². The maximum absolute atomic E-state index is 5.47. The maximum Gasteiger partial charge on any atom is 0.0716 e. The summed E-state index contributed by atoms with van der Waals surface area (Å²) in [6.07, 6.45) is 22.6. The summed E-state index contributed by atoms with van der Waals surface area (Å²) < 4.78 is 6.13. The molecule has 3 aromatic heterocycles. The average Bonchev–Trinajstić information content (AvgIpc) is 3.97. The van der Waals surface area contributed by atoms with Crippen LogP contribution in [0.15, 0.2) is 217 Å². The van der Waals surface area contributed by atoms with Crippen molar-refractivity contribution in [2.75, 3.05) is 6.54 Å². The Kier molecular flexibility index (Phi) is 12.7. The second-order valence-corrected chi connectivity index (χ2v) is 18.6. The average molecular weight is 911 g/mol. The SMILES string of the molecule is C=Cc1c(/C=C\C)c2cc3c4ccc(C(/C=C\C(C)C=C)=C/C)cc4n(C4=Cc5c(sc6ccccc56)CC(CN=C(/C=C(\N=C)c5ccccc5)c5ccccc5)=C4)c3cc2n1-c1ccccc1. The quantitative estimate of drug-likeness (QED) is 0.0592. The summed E-state index contributed by atoms with van der Waals surface area (Å²) in [7, 11) is 0. The second kappa shape index (κ2) is 19.6. The highest BCUT2D eigenvalue weighted by Crippen LogP contribution is 2.43. The zero-order chi connectivity index (χ0) is 47.4. The summed E-state index contributed by atoms with van der Waals surface area (Å²) in [6, 6.07) is 51.8. The molecule has 0 saturated heterocycles. The van der Waals surface area contributed by atoms with E-state index < -0.39 is 0 Å². The van der Waals surface area contributed by atoms with Crippen molar-refractivity contribution in [3.63, 3.8) is 0 Å². The molecule has 336 valence electrons. The molecule has 0 spiro atoms. The minimum atomic E-state index is 0.248. The van der Waals surface area contributed by atoms with Gasteiger partial charge in [0.25, 0.3) is 0 Å². The summed E-state index contributed by atoms with van der Waals surface area (Å²) in [4.78, 5) is 11.3. The Labute approximate surface area is 409 Å². The number of benzene rings is 6. The fourth-order valence-electron chi connectivity index (χ4n) is 9.66. The van der Waals surface area contributed by atoms with E-state index in [1.165, 1.54) is 42.3 Å². The van der Waals surface area contributed by atoms with Gasteiger partial charge in [-0.15, -0.1) is 17.9 Å². The monoisotopic (exact) mass is 910 g/mol. The predicted molar refractivity (Wildman–Crippen MR) is 303 cm³/mol. The van der Waals surface area contributed by atoms with Crippen LogP contribution in [0.5, 0.6) is 0 Å². The molecule has 6 aromatic carbocycles. The molecule has 0 N–H and O–H groups in total. The molecule has 9 aromatic rings. The molecule has 10 rings (SSSR count). The van der Waals surface area contributed by atoms with Crippen LogP contribution in [0.25, 0.3) is 83.7 Å². The van der Waals surface area contributed by atoms with Crippen LogP contribution in [-0.2, 0) is 6.42 Å². The fourth-order valence-corrected chi connectivity index (χ4v) is 10.9. The Morgan fingerprint density at radius 1 is 0.710 bits per heavy atom. The molecule has 0 aliphatic heterocycles. The lowest BCUT2D eigenvalue weighted by molar-refractivity contribution is 0.944. The number of aromatic nitrogens is 2. The summed E-state index contributed by atoms with van der Waals surface area (Å²) >= 11 is 1.88. The Hall–Kier alpha value is -8.12. The van der Waals surface area contributed by atoms with Crippen molar-refractivity contribution < 1.29 is 0 Å². The third-order valence-electron chi connectivity index (χ3n) is 13.1. The van der Waals surface area contributed by atoms with E-state index in [9.17, 15) is 0 Å². The molecular formula is C64H54N4S. The van der Waals surface area contributed by atoms with Crippen LogP contribution in [0.1, 0.15) is 59.2 Å². The Balaban J connectivity index is 1.26. The van der Waals surface area contributed by atoms with Crippen LogP contribution in [0.2, 0.25) is 0 Å². The van der Waals surface area contributed by atoms with E-state index in [4.69, 9.17) is 4.99 Å². The molecule has 1 unspecified atom stereocenters. The Morgan fingerprint density at radius 2 is 1.41 bits per heavy atom. The van der Waals surface area contributed by atoms with Crippen molar-refractivity contribution in [2.45, 2.75) is 27.2 Å². The molecule has 1 aliphatic carbocycles. The van der Waals surface area contributed by atoms with Crippen LogP contribution >= 0.6 is 11.3 Å². The highest BCUT2D eigenvalue weighted by Gasteiger charge is 2.24. The van der Waals surface area contributed by atoms with Gasteiger partial charge < -0.3 is 9.13 Å². The zero-order valence-electron chi connectivity index (χ0n) is 39.4. The second-order valence-electron chi connectivity index (χ2n) is 17.4. The van der Waals surface area contributed by atoms with E-state index in [1.807, 2.05) is 47.8 Å². The molecule has 3 heterocycles. The minimum absolute atomic E-state index is 0.248. The van der Waals surface area contributed by atoms with Gasteiger partial charge in [0, 0.05) is 60.1 Å².